The number of nitrogens with zero attached hydrogens (tertiary/aromatic N) is 1. The lowest BCUT2D eigenvalue weighted by atomic mass is 10.1. The molecule has 2 N–H and O–H groups in total. The summed E-state index contributed by atoms with van der Waals surface area (Å²) < 4.78 is 0. The van der Waals surface area contributed by atoms with Crippen LogP contribution in [0.4, 0.5) is 0 Å². The summed E-state index contributed by atoms with van der Waals surface area (Å²) in [7, 11) is 1.64. The molecule has 112 valence electrons. The van der Waals surface area contributed by atoms with Gasteiger partial charge in [0.05, 0.1) is 6.42 Å². The third-order valence-corrected chi connectivity index (χ3v) is 3.62. The number of carboxylic acids is 1. The zero-order chi connectivity index (χ0) is 15.4. The normalized spacial score (nSPS) is 10.8. The fourth-order valence-corrected chi connectivity index (χ4v) is 2.32. The van der Waals surface area contributed by atoms with Crippen LogP contribution in [0, 0.1) is 6.92 Å². The van der Waals surface area contributed by atoms with Crippen LogP contribution in [0.25, 0.3) is 10.9 Å². The van der Waals surface area contributed by atoms with E-state index in [1.165, 1.54) is 10.5 Å². The van der Waals surface area contributed by atoms with E-state index in [0.29, 0.717) is 12.8 Å². The summed E-state index contributed by atoms with van der Waals surface area (Å²) in [5.74, 6) is -0.917. The van der Waals surface area contributed by atoms with Crippen molar-refractivity contribution in [2.24, 2.45) is 0 Å². The summed E-state index contributed by atoms with van der Waals surface area (Å²) in [4.78, 5) is 27.2. The Hall–Kier alpha value is -2.30. The Kier molecular flexibility index (Phi) is 4.62. The van der Waals surface area contributed by atoms with Crippen LogP contribution in [0.1, 0.15) is 24.0 Å². The number of carbonyl (C=O) groups is 2. The molecule has 0 bridgehead atoms. The van der Waals surface area contributed by atoms with Gasteiger partial charge in [0, 0.05) is 37.1 Å². The molecule has 0 fully saturated rings. The Morgan fingerprint density at radius 2 is 2.05 bits per heavy atom. The molecule has 1 heterocycles. The molecule has 0 saturated carbocycles. The molecule has 0 aliphatic heterocycles. The number of carboxylic acid groups (broad SMARTS) is 1. The predicted molar refractivity (Wildman–Crippen MR) is 81.2 cm³/mol. The van der Waals surface area contributed by atoms with E-state index in [-0.39, 0.29) is 18.9 Å². The summed E-state index contributed by atoms with van der Waals surface area (Å²) >= 11 is 0. The van der Waals surface area contributed by atoms with Crippen LogP contribution in [0.2, 0.25) is 0 Å². The monoisotopic (exact) mass is 288 g/mol. The van der Waals surface area contributed by atoms with Gasteiger partial charge in [-0.2, -0.15) is 0 Å². The largest absolute Gasteiger partial charge is 0.481 e. The summed E-state index contributed by atoms with van der Waals surface area (Å²) in [6, 6.07) is 6.20. The molecule has 0 spiro atoms. The second kappa shape index (κ2) is 6.43. The second-order valence-corrected chi connectivity index (χ2v) is 5.32. The second-order valence-electron chi connectivity index (χ2n) is 5.32. The average Bonchev–Trinajstić information content (AvgIpc) is 2.84. The fourth-order valence-electron chi connectivity index (χ4n) is 2.32. The SMILES string of the molecule is Cc1ccc2[nH]cc(CCC(=O)N(C)CCC(=O)O)c2c1. The number of benzene rings is 1. The molecule has 0 atom stereocenters. The maximum atomic E-state index is 12.0. The van der Waals surface area contributed by atoms with Crippen molar-refractivity contribution >= 4 is 22.8 Å². The van der Waals surface area contributed by atoms with Gasteiger partial charge < -0.3 is 15.0 Å². The van der Waals surface area contributed by atoms with Crippen LogP contribution in [-0.2, 0) is 16.0 Å². The van der Waals surface area contributed by atoms with Crippen molar-refractivity contribution in [3.8, 4) is 0 Å². The first-order valence-electron chi connectivity index (χ1n) is 6.99. The van der Waals surface area contributed by atoms with Crippen LogP contribution < -0.4 is 0 Å². The number of amides is 1. The highest BCUT2D eigenvalue weighted by molar-refractivity contribution is 5.85. The Morgan fingerprint density at radius 3 is 2.76 bits per heavy atom. The molecule has 1 aromatic heterocycles. The fraction of sp³-hybridized carbons (Fsp3) is 0.375. The lowest BCUT2D eigenvalue weighted by molar-refractivity contribution is -0.138. The first-order valence-corrected chi connectivity index (χ1v) is 6.99. The molecule has 5 nitrogen and oxygen atoms in total. The van der Waals surface area contributed by atoms with Gasteiger partial charge >= 0.3 is 5.97 Å². The molecule has 21 heavy (non-hydrogen) atoms. The number of hydrogen-bond acceptors (Lipinski definition) is 2. The van der Waals surface area contributed by atoms with Crippen LogP contribution in [0.5, 0.6) is 0 Å². The van der Waals surface area contributed by atoms with Gasteiger partial charge in [-0.1, -0.05) is 11.6 Å². The van der Waals surface area contributed by atoms with Crippen LogP contribution >= 0.6 is 0 Å². The molecule has 2 rings (SSSR count). The summed E-state index contributed by atoms with van der Waals surface area (Å²) in [6.07, 6.45) is 2.96. The van der Waals surface area contributed by atoms with Crippen molar-refractivity contribution < 1.29 is 14.7 Å². The first kappa shape index (κ1) is 15.1. The molecule has 0 radical (unpaired) electrons. The van der Waals surface area contributed by atoms with Gasteiger partial charge in [-0.05, 0) is 31.0 Å². The highest BCUT2D eigenvalue weighted by atomic mass is 16.4. The number of rotatable bonds is 6. The number of hydrogen-bond donors (Lipinski definition) is 2. The first-order chi connectivity index (χ1) is 9.97. The average molecular weight is 288 g/mol. The minimum Gasteiger partial charge on any atom is -0.481 e. The van der Waals surface area contributed by atoms with Gasteiger partial charge in [-0.3, -0.25) is 9.59 Å². The maximum absolute atomic E-state index is 12.0. The molecule has 0 unspecified atom stereocenters. The Bertz CT molecular complexity index is 661. The smallest absolute Gasteiger partial charge is 0.305 e. The lowest BCUT2D eigenvalue weighted by Gasteiger charge is -2.15. The summed E-state index contributed by atoms with van der Waals surface area (Å²) in [6.45, 7) is 2.29. The minimum atomic E-state index is -0.887. The van der Waals surface area contributed by atoms with Gasteiger partial charge in [-0.25, -0.2) is 0 Å². The number of aryl methyl sites for hydroxylation is 2. The molecule has 0 aliphatic rings. The molecule has 1 aromatic carbocycles. The van der Waals surface area contributed by atoms with Crippen LogP contribution in [-0.4, -0.2) is 40.5 Å². The summed E-state index contributed by atoms with van der Waals surface area (Å²) in [5, 5.41) is 9.78. The number of aromatic nitrogens is 1. The Balaban J connectivity index is 1.96. The standard InChI is InChI=1S/C16H20N2O3/c1-11-3-5-14-13(9-11)12(10-17-14)4-6-15(19)18(2)8-7-16(20)21/h3,5,9-10,17H,4,6-8H2,1-2H3,(H,20,21). The molecular formula is C16H20N2O3. The summed E-state index contributed by atoms with van der Waals surface area (Å²) in [5.41, 5.74) is 3.38. The maximum Gasteiger partial charge on any atom is 0.305 e. The van der Waals surface area contributed by atoms with E-state index in [2.05, 4.69) is 11.1 Å². The van der Waals surface area contributed by atoms with E-state index >= 15 is 0 Å². The van der Waals surface area contributed by atoms with Crippen molar-refractivity contribution in [3.05, 3.63) is 35.5 Å². The third-order valence-electron chi connectivity index (χ3n) is 3.62. The van der Waals surface area contributed by atoms with Gasteiger partial charge in [-0.15, -0.1) is 0 Å². The van der Waals surface area contributed by atoms with E-state index in [4.69, 9.17) is 5.11 Å². The number of carbonyl (C=O) groups excluding carboxylic acids is 1. The highest BCUT2D eigenvalue weighted by Gasteiger charge is 2.12. The van der Waals surface area contributed by atoms with Gasteiger partial charge in [0.25, 0.3) is 0 Å². The predicted octanol–water partition coefficient (Wildman–Crippen LogP) is 2.34. The molecule has 5 heteroatoms. The van der Waals surface area contributed by atoms with E-state index in [0.717, 1.165) is 16.5 Å². The van der Waals surface area contributed by atoms with Gasteiger partial charge in [0.2, 0.25) is 5.91 Å². The molecule has 1 amide bonds. The number of aliphatic carboxylic acids is 1. The quantitative estimate of drug-likeness (QED) is 0.857. The van der Waals surface area contributed by atoms with Crippen molar-refractivity contribution in [3.63, 3.8) is 0 Å². The number of nitrogens with one attached hydrogen (secondary N) is 1. The van der Waals surface area contributed by atoms with Crippen molar-refractivity contribution in [1.29, 1.82) is 0 Å². The van der Waals surface area contributed by atoms with Crippen LogP contribution in [0.15, 0.2) is 24.4 Å². The minimum absolute atomic E-state index is 0.0193. The zero-order valence-electron chi connectivity index (χ0n) is 12.3. The number of H-pyrrole nitrogens is 1. The Labute approximate surface area is 123 Å². The van der Waals surface area contributed by atoms with Crippen molar-refractivity contribution in [1.82, 2.24) is 9.88 Å². The Morgan fingerprint density at radius 1 is 1.29 bits per heavy atom. The van der Waals surface area contributed by atoms with Crippen molar-refractivity contribution in [2.45, 2.75) is 26.2 Å². The van der Waals surface area contributed by atoms with E-state index in [9.17, 15) is 9.59 Å². The number of fused-ring (bicyclic) bond motifs is 1. The molecule has 0 aliphatic carbocycles. The topological polar surface area (TPSA) is 73.4 Å². The van der Waals surface area contributed by atoms with E-state index < -0.39 is 5.97 Å². The number of aromatic amines is 1. The molecule has 2 aromatic rings. The highest BCUT2D eigenvalue weighted by Crippen LogP contribution is 2.21. The zero-order valence-corrected chi connectivity index (χ0v) is 12.3. The van der Waals surface area contributed by atoms with E-state index in [1.807, 2.05) is 25.3 Å². The van der Waals surface area contributed by atoms with Crippen LogP contribution in [0.3, 0.4) is 0 Å². The molecule has 0 saturated heterocycles. The third kappa shape index (κ3) is 3.84. The van der Waals surface area contributed by atoms with Gasteiger partial charge in [0.1, 0.15) is 0 Å². The molecular weight excluding hydrogens is 268 g/mol. The van der Waals surface area contributed by atoms with Gasteiger partial charge in [0.15, 0.2) is 0 Å². The van der Waals surface area contributed by atoms with E-state index in [1.54, 1.807) is 7.05 Å². The van der Waals surface area contributed by atoms with Crippen molar-refractivity contribution in [2.75, 3.05) is 13.6 Å². The lowest BCUT2D eigenvalue weighted by Crippen LogP contribution is -2.29.